The molecule has 0 aliphatic carbocycles. The second-order valence-electron chi connectivity index (χ2n) is 14.3. The average Bonchev–Trinajstić information content (AvgIpc) is 3.68. The fraction of sp³-hybridized carbons (Fsp3) is 0. The van der Waals surface area contributed by atoms with Crippen LogP contribution in [0.1, 0.15) is 0 Å². The number of rotatable bonds is 6. The summed E-state index contributed by atoms with van der Waals surface area (Å²) < 4.78 is 6.44. The Morgan fingerprint density at radius 2 is 0.789 bits per heavy atom. The van der Waals surface area contributed by atoms with Gasteiger partial charge in [0.25, 0.3) is 0 Å². The first-order chi connectivity index (χ1) is 28.3. The van der Waals surface area contributed by atoms with Crippen LogP contribution in [0.25, 0.3) is 111 Å². The fourth-order valence-electron chi connectivity index (χ4n) is 8.26. The minimum absolute atomic E-state index is 0.563. The number of aromatic nitrogens is 3. The van der Waals surface area contributed by atoms with Crippen molar-refractivity contribution in [1.82, 2.24) is 15.0 Å². The number of fused-ring (bicyclic) bond motifs is 5. The molecule has 0 saturated carbocycles. The van der Waals surface area contributed by atoms with Crippen LogP contribution in [0.4, 0.5) is 0 Å². The van der Waals surface area contributed by atoms with Crippen molar-refractivity contribution in [1.29, 1.82) is 0 Å². The van der Waals surface area contributed by atoms with Gasteiger partial charge in [-0.1, -0.05) is 188 Å². The predicted octanol–water partition coefficient (Wildman–Crippen LogP) is 14.1. The van der Waals surface area contributed by atoms with Gasteiger partial charge in [-0.3, -0.25) is 0 Å². The molecule has 11 aromatic rings. The molecule has 0 radical (unpaired) electrons. The van der Waals surface area contributed by atoms with Crippen LogP contribution in [-0.2, 0) is 0 Å². The van der Waals surface area contributed by atoms with E-state index in [9.17, 15) is 0 Å². The van der Waals surface area contributed by atoms with Crippen molar-refractivity contribution in [3.8, 4) is 67.5 Å². The first kappa shape index (κ1) is 32.7. The molecule has 0 amide bonds. The minimum atomic E-state index is 0.563. The maximum Gasteiger partial charge on any atom is 0.167 e. The average molecular weight is 728 g/mol. The van der Waals surface area contributed by atoms with Crippen molar-refractivity contribution >= 4 is 43.5 Å². The van der Waals surface area contributed by atoms with Gasteiger partial charge in [-0.2, -0.15) is 0 Å². The number of para-hydroxylation sites is 2. The van der Waals surface area contributed by atoms with Crippen LogP contribution < -0.4 is 0 Å². The predicted molar refractivity (Wildman–Crippen MR) is 235 cm³/mol. The Morgan fingerprint density at radius 1 is 0.281 bits per heavy atom. The van der Waals surface area contributed by atoms with E-state index < -0.39 is 0 Å². The van der Waals surface area contributed by atoms with Crippen LogP contribution in [0, 0.1) is 0 Å². The summed E-state index contributed by atoms with van der Waals surface area (Å²) >= 11 is 0. The van der Waals surface area contributed by atoms with Crippen LogP contribution in [-0.4, -0.2) is 15.0 Å². The molecule has 0 atom stereocenters. The summed E-state index contributed by atoms with van der Waals surface area (Å²) in [5, 5.41) is 6.91. The minimum Gasteiger partial charge on any atom is -0.455 e. The second kappa shape index (κ2) is 13.6. The molecule has 11 rings (SSSR count). The van der Waals surface area contributed by atoms with Crippen LogP contribution in [0.2, 0.25) is 0 Å². The Morgan fingerprint density at radius 3 is 1.49 bits per heavy atom. The highest BCUT2D eigenvalue weighted by atomic mass is 16.3. The van der Waals surface area contributed by atoms with Crippen molar-refractivity contribution in [3.63, 3.8) is 0 Å². The summed E-state index contributed by atoms with van der Waals surface area (Å²) in [6.45, 7) is 0. The summed E-state index contributed by atoms with van der Waals surface area (Å²) in [5.41, 5.74) is 11.3. The molecule has 4 nitrogen and oxygen atoms in total. The zero-order valence-corrected chi connectivity index (χ0v) is 30.8. The third-order valence-corrected chi connectivity index (χ3v) is 11.0. The Bertz CT molecular complexity index is 3280. The zero-order valence-electron chi connectivity index (χ0n) is 30.8. The van der Waals surface area contributed by atoms with Gasteiger partial charge in [0.1, 0.15) is 11.2 Å². The smallest absolute Gasteiger partial charge is 0.167 e. The first-order valence-electron chi connectivity index (χ1n) is 19.2. The number of nitrogens with zero attached hydrogens (tertiary/aromatic N) is 3. The van der Waals surface area contributed by atoms with E-state index in [-0.39, 0.29) is 0 Å². The molecule has 57 heavy (non-hydrogen) atoms. The first-order valence-corrected chi connectivity index (χ1v) is 19.2. The largest absolute Gasteiger partial charge is 0.455 e. The normalized spacial score (nSPS) is 11.5. The van der Waals surface area contributed by atoms with E-state index in [0.29, 0.717) is 17.5 Å². The molecule has 0 unspecified atom stereocenters. The fourth-order valence-corrected chi connectivity index (χ4v) is 8.26. The number of furan rings is 1. The number of hydrogen-bond donors (Lipinski definition) is 0. The molecule has 9 aromatic carbocycles. The third kappa shape index (κ3) is 5.66. The lowest BCUT2D eigenvalue weighted by Crippen LogP contribution is -2.00. The summed E-state index contributed by atoms with van der Waals surface area (Å²) in [6.07, 6.45) is 0. The van der Waals surface area contributed by atoms with Gasteiger partial charge in [-0.05, 0) is 67.1 Å². The van der Waals surface area contributed by atoms with Crippen molar-refractivity contribution in [2.45, 2.75) is 0 Å². The summed E-state index contributed by atoms with van der Waals surface area (Å²) in [4.78, 5) is 15.2. The van der Waals surface area contributed by atoms with E-state index >= 15 is 0 Å². The molecule has 0 spiro atoms. The molecule has 266 valence electrons. The second-order valence-corrected chi connectivity index (χ2v) is 14.3. The van der Waals surface area contributed by atoms with E-state index in [2.05, 4.69) is 140 Å². The maximum absolute atomic E-state index is 6.44. The topological polar surface area (TPSA) is 51.8 Å². The van der Waals surface area contributed by atoms with E-state index in [0.717, 1.165) is 44.2 Å². The van der Waals surface area contributed by atoms with Gasteiger partial charge < -0.3 is 4.42 Å². The third-order valence-electron chi connectivity index (χ3n) is 11.0. The van der Waals surface area contributed by atoms with Crippen molar-refractivity contribution in [2.75, 3.05) is 0 Å². The lowest BCUT2D eigenvalue weighted by atomic mass is 9.84. The lowest BCUT2D eigenvalue weighted by Gasteiger charge is -2.19. The quantitative estimate of drug-likeness (QED) is 0.171. The van der Waals surface area contributed by atoms with E-state index in [1.54, 1.807) is 0 Å². The highest BCUT2D eigenvalue weighted by Crippen LogP contribution is 2.45. The molecule has 0 aliphatic rings. The van der Waals surface area contributed by atoms with Crippen LogP contribution in [0.5, 0.6) is 0 Å². The molecule has 0 fully saturated rings. The molecule has 0 aliphatic heterocycles. The highest BCUT2D eigenvalue weighted by molar-refractivity contribution is 6.13. The van der Waals surface area contributed by atoms with E-state index in [1.807, 2.05) is 60.7 Å². The molecule has 0 saturated heterocycles. The van der Waals surface area contributed by atoms with E-state index in [4.69, 9.17) is 19.4 Å². The van der Waals surface area contributed by atoms with Crippen molar-refractivity contribution < 1.29 is 4.42 Å². The molecular weight excluding hydrogens is 695 g/mol. The van der Waals surface area contributed by atoms with Crippen LogP contribution >= 0.6 is 0 Å². The maximum atomic E-state index is 6.44. The van der Waals surface area contributed by atoms with Gasteiger partial charge in [0.2, 0.25) is 0 Å². The highest BCUT2D eigenvalue weighted by Gasteiger charge is 2.20. The van der Waals surface area contributed by atoms with Crippen molar-refractivity contribution in [2.24, 2.45) is 0 Å². The van der Waals surface area contributed by atoms with Gasteiger partial charge in [-0.25, -0.2) is 15.0 Å². The SMILES string of the molecule is c1ccc(-c2nc(-c3ccc(-c4c(-c5c(-c6ccccc6)ccc6ccccc56)ccc5ccccc45)cc3)nc(-c3cccc4c3oc3ccccc34)n2)cc1. The monoisotopic (exact) mass is 727 g/mol. The Hall–Kier alpha value is -7.69. The zero-order chi connectivity index (χ0) is 37.7. The van der Waals surface area contributed by atoms with Crippen molar-refractivity contribution in [3.05, 3.63) is 200 Å². The lowest BCUT2D eigenvalue weighted by molar-refractivity contribution is 0.669. The van der Waals surface area contributed by atoms with Gasteiger partial charge in [0, 0.05) is 21.9 Å². The molecule has 2 heterocycles. The summed E-state index contributed by atoms with van der Waals surface area (Å²) in [5.74, 6) is 1.76. The summed E-state index contributed by atoms with van der Waals surface area (Å²) in [7, 11) is 0. The number of benzene rings is 9. The Balaban J connectivity index is 1.10. The molecule has 4 heteroatoms. The van der Waals surface area contributed by atoms with E-state index in [1.165, 1.54) is 49.4 Å². The Labute approximate surface area is 329 Å². The molecule has 0 N–H and O–H groups in total. The molecule has 0 bridgehead atoms. The van der Waals surface area contributed by atoms with Gasteiger partial charge in [-0.15, -0.1) is 0 Å². The van der Waals surface area contributed by atoms with Gasteiger partial charge in [0.15, 0.2) is 17.5 Å². The van der Waals surface area contributed by atoms with Gasteiger partial charge in [0.05, 0.1) is 5.56 Å². The van der Waals surface area contributed by atoms with Crippen LogP contribution in [0.15, 0.2) is 205 Å². The van der Waals surface area contributed by atoms with Gasteiger partial charge >= 0.3 is 0 Å². The number of hydrogen-bond acceptors (Lipinski definition) is 4. The Kier molecular flexibility index (Phi) is 7.78. The standard InChI is InChI=1S/C53H33N3O/c1-3-14-34(15-4-1)42-32-30-36-17-8-10-21-41(36)49(42)45-33-31-35-16-7-9-20-40(35)48(45)37-26-28-39(29-27-37)52-54-51(38-18-5-2-6-19-38)55-53(56-52)46-24-13-23-44-43-22-11-12-25-47(43)57-50(44)46/h1-33H. The molecular formula is C53H33N3O. The summed E-state index contributed by atoms with van der Waals surface area (Å²) in [6, 6.07) is 70.2. The molecule has 2 aromatic heterocycles. The van der Waals surface area contributed by atoms with Crippen LogP contribution in [0.3, 0.4) is 0 Å².